The fourth-order valence-electron chi connectivity index (χ4n) is 2.99. The van der Waals surface area contributed by atoms with Crippen LogP contribution >= 0.6 is 0 Å². The largest absolute Gasteiger partial charge is 0.441 e. The summed E-state index contributed by atoms with van der Waals surface area (Å²) in [4.78, 5) is 18.0. The maximum Gasteiger partial charge on any atom is 0.414 e. The molecule has 0 aliphatic carbocycles. The fourth-order valence-corrected chi connectivity index (χ4v) is 3.40. The van der Waals surface area contributed by atoms with Crippen molar-refractivity contribution in [2.75, 3.05) is 18.1 Å². The summed E-state index contributed by atoms with van der Waals surface area (Å²) in [5, 5.41) is 9.19. The molecule has 1 aliphatic heterocycles. The van der Waals surface area contributed by atoms with Gasteiger partial charge < -0.3 is 14.3 Å². The number of anilines is 1. The third-order valence-corrected chi connectivity index (χ3v) is 5.34. The van der Waals surface area contributed by atoms with E-state index in [0.29, 0.717) is 23.8 Å². The fraction of sp³-hybridized carbons (Fsp3) is 0.500. The monoisotopic (exact) mass is 420 g/mol. The average molecular weight is 421 g/mol. The van der Waals surface area contributed by atoms with Gasteiger partial charge in [0.05, 0.1) is 36.8 Å². The molecule has 0 spiro atoms. The zero-order chi connectivity index (χ0) is 21.3. The molecule has 1 unspecified atom stereocenters. The first-order chi connectivity index (χ1) is 13.6. The highest BCUT2D eigenvalue weighted by Crippen LogP contribution is 2.28. The molecule has 0 bridgehead atoms. The highest BCUT2D eigenvalue weighted by atomic mass is 28.3. The van der Waals surface area contributed by atoms with Gasteiger partial charge in [0, 0.05) is 11.6 Å². The van der Waals surface area contributed by atoms with Crippen molar-refractivity contribution in [3.8, 4) is 5.69 Å². The molecule has 29 heavy (non-hydrogen) atoms. The van der Waals surface area contributed by atoms with Gasteiger partial charge >= 0.3 is 6.09 Å². The van der Waals surface area contributed by atoms with E-state index in [1.165, 1.54) is 11.0 Å². The van der Waals surface area contributed by atoms with Gasteiger partial charge in [-0.25, -0.2) is 14.2 Å². The minimum atomic E-state index is -0.923. The molecule has 1 aromatic carbocycles. The molecule has 1 amide bonds. The predicted molar refractivity (Wildman–Crippen MR) is 109 cm³/mol. The van der Waals surface area contributed by atoms with Crippen LogP contribution in [0.4, 0.5) is 14.9 Å². The molecule has 1 radical (unpaired) electrons. The standard InChI is InChI=1S/C20H27FN3O4Si/c1-20(2,3)17-10-24(18(22-17)12-27-29(4)5)16-7-6-13(8-15(16)21)23-9-14(11-25)28-19(23)26/h6-8,10,14,25H,9,11-12H2,1-5H3. The Labute approximate surface area is 171 Å². The molecule has 2 heterocycles. The second-order valence-corrected chi connectivity index (χ2v) is 10.4. The molecule has 9 heteroatoms. The van der Waals surface area contributed by atoms with E-state index in [0.717, 1.165) is 5.69 Å². The zero-order valence-electron chi connectivity index (χ0n) is 17.4. The first-order valence-electron chi connectivity index (χ1n) is 9.50. The highest BCUT2D eigenvalue weighted by Gasteiger charge is 2.32. The van der Waals surface area contributed by atoms with Crippen molar-refractivity contribution in [2.45, 2.75) is 52.0 Å². The van der Waals surface area contributed by atoms with Crippen molar-refractivity contribution in [1.29, 1.82) is 0 Å². The molecule has 7 nitrogen and oxygen atoms in total. The number of benzene rings is 1. The van der Waals surface area contributed by atoms with Crippen LogP contribution < -0.4 is 4.90 Å². The summed E-state index contributed by atoms with van der Waals surface area (Å²) in [6.07, 6.45) is 0.639. The van der Waals surface area contributed by atoms with Gasteiger partial charge in [0.25, 0.3) is 0 Å². The summed E-state index contributed by atoms with van der Waals surface area (Å²) in [7, 11) is -0.923. The lowest BCUT2D eigenvalue weighted by molar-refractivity contribution is 0.0963. The van der Waals surface area contributed by atoms with Crippen LogP contribution in [0.15, 0.2) is 24.4 Å². The number of ether oxygens (including phenoxy) is 1. The lowest BCUT2D eigenvalue weighted by Crippen LogP contribution is -2.25. The minimum absolute atomic E-state index is 0.185. The number of nitrogens with zero attached hydrogens (tertiary/aromatic N) is 3. The van der Waals surface area contributed by atoms with Crippen LogP contribution in [-0.4, -0.2) is 49.0 Å². The number of aliphatic hydroxyl groups is 1. The lowest BCUT2D eigenvalue weighted by Gasteiger charge is -2.16. The summed E-state index contributed by atoms with van der Waals surface area (Å²) >= 11 is 0. The summed E-state index contributed by atoms with van der Waals surface area (Å²) < 4.78 is 27.6. The molecule has 1 fully saturated rings. The molecule has 2 aromatic rings. The predicted octanol–water partition coefficient (Wildman–Crippen LogP) is 3.39. The van der Waals surface area contributed by atoms with Crippen LogP contribution in [0.25, 0.3) is 5.69 Å². The number of aliphatic hydroxyl groups excluding tert-OH is 1. The first-order valence-corrected chi connectivity index (χ1v) is 11.9. The Morgan fingerprint density at radius 3 is 2.66 bits per heavy atom. The van der Waals surface area contributed by atoms with Gasteiger partial charge in [0.1, 0.15) is 17.7 Å². The van der Waals surface area contributed by atoms with E-state index >= 15 is 4.39 Å². The third kappa shape index (κ3) is 4.68. The Morgan fingerprint density at radius 2 is 2.10 bits per heavy atom. The molecule has 157 valence electrons. The molecular formula is C20H27FN3O4Si. The van der Waals surface area contributed by atoms with Gasteiger partial charge in [0.15, 0.2) is 0 Å². The van der Waals surface area contributed by atoms with Crippen molar-refractivity contribution in [3.05, 3.63) is 41.7 Å². The Kier molecular flexibility index (Phi) is 6.11. The van der Waals surface area contributed by atoms with E-state index in [9.17, 15) is 9.90 Å². The molecule has 1 aromatic heterocycles. The molecule has 1 N–H and O–H groups in total. The van der Waals surface area contributed by atoms with Gasteiger partial charge in [-0.2, -0.15) is 0 Å². The Morgan fingerprint density at radius 1 is 1.38 bits per heavy atom. The average Bonchev–Trinajstić information content (AvgIpc) is 3.23. The SMILES string of the molecule is C[Si](C)OCc1nc(C(C)(C)C)cn1-c1ccc(N2CC(CO)OC2=O)cc1F. The first kappa shape index (κ1) is 21.5. The van der Waals surface area contributed by atoms with E-state index < -0.39 is 27.1 Å². The number of halogens is 1. The number of hydrogen-bond donors (Lipinski definition) is 1. The zero-order valence-corrected chi connectivity index (χ0v) is 18.4. The van der Waals surface area contributed by atoms with E-state index in [4.69, 9.17) is 9.16 Å². The van der Waals surface area contributed by atoms with Crippen molar-refractivity contribution in [2.24, 2.45) is 0 Å². The number of amides is 1. The Balaban J connectivity index is 1.96. The maximum atomic E-state index is 15.1. The summed E-state index contributed by atoms with van der Waals surface area (Å²) in [6.45, 7) is 10.4. The molecule has 3 rings (SSSR count). The van der Waals surface area contributed by atoms with Crippen molar-refractivity contribution in [3.63, 3.8) is 0 Å². The number of carbonyl (C=O) groups excluding carboxylic acids is 1. The lowest BCUT2D eigenvalue weighted by atomic mass is 9.93. The van der Waals surface area contributed by atoms with Gasteiger partial charge in [0.2, 0.25) is 9.04 Å². The molecule has 0 saturated carbocycles. The number of hydrogen-bond acceptors (Lipinski definition) is 5. The van der Waals surface area contributed by atoms with Crippen LogP contribution in [0.2, 0.25) is 13.1 Å². The van der Waals surface area contributed by atoms with Crippen LogP contribution in [0, 0.1) is 5.82 Å². The second kappa shape index (κ2) is 8.25. The van der Waals surface area contributed by atoms with E-state index in [1.54, 1.807) is 16.7 Å². The molecule has 1 aliphatic rings. The van der Waals surface area contributed by atoms with Crippen molar-refractivity contribution >= 4 is 20.8 Å². The van der Waals surface area contributed by atoms with Crippen LogP contribution in [0.3, 0.4) is 0 Å². The van der Waals surface area contributed by atoms with Crippen molar-refractivity contribution < 1.29 is 23.5 Å². The second-order valence-electron chi connectivity index (χ2n) is 8.29. The van der Waals surface area contributed by atoms with Crippen LogP contribution in [-0.2, 0) is 21.2 Å². The van der Waals surface area contributed by atoms with Gasteiger partial charge in [-0.1, -0.05) is 20.8 Å². The smallest absolute Gasteiger partial charge is 0.414 e. The molecular weight excluding hydrogens is 393 g/mol. The minimum Gasteiger partial charge on any atom is -0.441 e. The number of cyclic esters (lactones) is 1. The summed E-state index contributed by atoms with van der Waals surface area (Å²) in [6, 6.07) is 4.58. The summed E-state index contributed by atoms with van der Waals surface area (Å²) in [5.41, 5.74) is 1.37. The number of imidazole rings is 1. The van der Waals surface area contributed by atoms with Gasteiger partial charge in [-0.05, 0) is 31.3 Å². The highest BCUT2D eigenvalue weighted by molar-refractivity contribution is 6.48. The van der Waals surface area contributed by atoms with Crippen molar-refractivity contribution in [1.82, 2.24) is 9.55 Å². The van der Waals surface area contributed by atoms with E-state index in [1.807, 2.05) is 19.3 Å². The third-order valence-electron chi connectivity index (χ3n) is 4.62. The van der Waals surface area contributed by atoms with Crippen LogP contribution in [0.5, 0.6) is 0 Å². The van der Waals surface area contributed by atoms with E-state index in [-0.39, 0.29) is 18.6 Å². The van der Waals surface area contributed by atoms with Gasteiger partial charge in [-0.15, -0.1) is 0 Å². The quantitative estimate of drug-likeness (QED) is 0.725. The van der Waals surface area contributed by atoms with Crippen LogP contribution in [0.1, 0.15) is 32.3 Å². The Hall–Kier alpha value is -2.23. The number of aromatic nitrogens is 2. The number of rotatable bonds is 6. The topological polar surface area (TPSA) is 76.8 Å². The number of carbonyl (C=O) groups is 1. The Bertz CT molecular complexity index is 894. The molecule has 1 saturated heterocycles. The molecule has 1 atom stereocenters. The van der Waals surface area contributed by atoms with E-state index in [2.05, 4.69) is 25.8 Å². The maximum absolute atomic E-state index is 15.1. The van der Waals surface area contributed by atoms with Gasteiger partial charge in [-0.3, -0.25) is 9.47 Å². The summed E-state index contributed by atoms with van der Waals surface area (Å²) in [5.74, 6) is 0.147. The normalized spacial score (nSPS) is 17.3.